The fraction of sp³-hybridized carbons (Fsp3) is 0.364. The smallest absolute Gasteiger partial charge is 0.302 e. The molecule has 0 spiro atoms. The van der Waals surface area contributed by atoms with Crippen LogP contribution in [0.15, 0.2) is 24.3 Å². The van der Waals surface area contributed by atoms with Gasteiger partial charge in [0.2, 0.25) is 6.41 Å². The third kappa shape index (κ3) is 4.29. The molecule has 0 amide bonds. The Balaban J connectivity index is 2.60. The zero-order valence-corrected chi connectivity index (χ0v) is 9.01. The van der Waals surface area contributed by atoms with E-state index in [1.165, 1.54) is 6.92 Å². The highest BCUT2D eigenvalue weighted by atomic mass is 16.5. The van der Waals surface area contributed by atoms with E-state index < -0.39 is 6.41 Å². The van der Waals surface area contributed by atoms with Gasteiger partial charge in [-0.05, 0) is 11.6 Å². The number of carbonyl (C=O) groups excluding carboxylic acids is 1. The van der Waals surface area contributed by atoms with Crippen molar-refractivity contribution in [2.24, 2.45) is 0 Å². The van der Waals surface area contributed by atoms with Gasteiger partial charge in [0.05, 0.1) is 6.61 Å². The Labute approximate surface area is 93.7 Å². The number of rotatable bonds is 5. The number of hydrogen-bond donors (Lipinski definition) is 3. The predicted molar refractivity (Wildman–Crippen MR) is 58.6 cm³/mol. The third-order valence-corrected chi connectivity index (χ3v) is 1.98. The number of nitrogens with one attached hydrogen (secondary N) is 1. The van der Waals surface area contributed by atoms with Gasteiger partial charge >= 0.3 is 5.97 Å². The lowest BCUT2D eigenvalue weighted by atomic mass is 10.1. The minimum atomic E-state index is -1.60. The topological polar surface area (TPSA) is 78.8 Å². The number of benzene rings is 1. The van der Waals surface area contributed by atoms with E-state index in [9.17, 15) is 4.79 Å². The number of aliphatic hydroxyl groups excluding tert-OH is 1. The molecule has 88 valence electrons. The standard InChI is InChI=1S/C11H15NO4/c1-8(13)16-7-6-9-4-2-3-5-10(9)12-11(14)15/h2-5,11-12,14-15H,6-7H2,1H3. The Morgan fingerprint density at radius 1 is 1.44 bits per heavy atom. The van der Waals surface area contributed by atoms with Crippen LogP contribution in [0.2, 0.25) is 0 Å². The highest BCUT2D eigenvalue weighted by Crippen LogP contribution is 2.15. The number of para-hydroxylation sites is 1. The normalized spacial score (nSPS) is 10.2. The molecule has 0 aliphatic rings. The maximum atomic E-state index is 10.6. The molecule has 1 rings (SSSR count). The van der Waals surface area contributed by atoms with Crippen molar-refractivity contribution in [1.82, 2.24) is 0 Å². The van der Waals surface area contributed by atoms with Crippen LogP contribution in [0.3, 0.4) is 0 Å². The highest BCUT2D eigenvalue weighted by Gasteiger charge is 2.04. The average Bonchev–Trinajstić information content (AvgIpc) is 2.19. The monoisotopic (exact) mass is 225 g/mol. The van der Waals surface area contributed by atoms with Gasteiger partial charge in [0.15, 0.2) is 0 Å². The SMILES string of the molecule is CC(=O)OCCc1ccccc1NC(O)O. The average molecular weight is 225 g/mol. The molecular formula is C11H15NO4. The predicted octanol–water partition coefficient (Wildman–Crippen LogP) is 0.472. The minimum Gasteiger partial charge on any atom is -0.466 e. The molecule has 0 fully saturated rings. The summed E-state index contributed by atoms with van der Waals surface area (Å²) in [4.78, 5) is 10.6. The first-order valence-corrected chi connectivity index (χ1v) is 4.93. The Bertz CT molecular complexity index is 352. The van der Waals surface area contributed by atoms with Gasteiger partial charge in [-0.25, -0.2) is 0 Å². The number of ether oxygens (including phenoxy) is 1. The van der Waals surface area contributed by atoms with Crippen molar-refractivity contribution >= 4 is 11.7 Å². The number of carbonyl (C=O) groups is 1. The fourth-order valence-electron chi connectivity index (χ4n) is 1.32. The van der Waals surface area contributed by atoms with E-state index in [1.54, 1.807) is 12.1 Å². The van der Waals surface area contributed by atoms with Crippen molar-refractivity contribution in [1.29, 1.82) is 0 Å². The number of esters is 1. The van der Waals surface area contributed by atoms with Crippen LogP contribution in [-0.4, -0.2) is 29.2 Å². The summed E-state index contributed by atoms with van der Waals surface area (Å²) >= 11 is 0. The van der Waals surface area contributed by atoms with Crippen molar-refractivity contribution in [2.45, 2.75) is 19.8 Å². The molecule has 0 aromatic heterocycles. The molecule has 5 nitrogen and oxygen atoms in total. The lowest BCUT2D eigenvalue weighted by Crippen LogP contribution is -2.18. The van der Waals surface area contributed by atoms with Crippen LogP contribution in [0.4, 0.5) is 5.69 Å². The van der Waals surface area contributed by atoms with Crippen molar-refractivity contribution in [3.05, 3.63) is 29.8 Å². The van der Waals surface area contributed by atoms with Crippen LogP contribution in [0.5, 0.6) is 0 Å². The Morgan fingerprint density at radius 3 is 2.75 bits per heavy atom. The quantitative estimate of drug-likeness (QED) is 0.501. The summed E-state index contributed by atoms with van der Waals surface area (Å²) in [5, 5.41) is 20.1. The third-order valence-electron chi connectivity index (χ3n) is 1.98. The van der Waals surface area contributed by atoms with E-state index in [1.807, 2.05) is 12.1 Å². The van der Waals surface area contributed by atoms with Gasteiger partial charge in [0.25, 0.3) is 0 Å². The summed E-state index contributed by atoms with van der Waals surface area (Å²) in [5.41, 5.74) is 1.47. The van der Waals surface area contributed by atoms with E-state index in [0.29, 0.717) is 12.1 Å². The second-order valence-corrected chi connectivity index (χ2v) is 3.27. The fourth-order valence-corrected chi connectivity index (χ4v) is 1.32. The summed E-state index contributed by atoms with van der Waals surface area (Å²) in [6.07, 6.45) is -1.08. The molecule has 0 saturated heterocycles. The van der Waals surface area contributed by atoms with Crippen LogP contribution in [0.1, 0.15) is 12.5 Å². The summed E-state index contributed by atoms with van der Waals surface area (Å²) in [6, 6.07) is 7.16. The van der Waals surface area contributed by atoms with Crippen LogP contribution in [0, 0.1) is 0 Å². The Hall–Kier alpha value is -1.59. The van der Waals surface area contributed by atoms with E-state index in [2.05, 4.69) is 5.32 Å². The molecule has 16 heavy (non-hydrogen) atoms. The molecule has 0 aliphatic heterocycles. The zero-order valence-electron chi connectivity index (χ0n) is 9.01. The van der Waals surface area contributed by atoms with Crippen molar-refractivity contribution < 1.29 is 19.7 Å². The van der Waals surface area contributed by atoms with Gasteiger partial charge in [-0.3, -0.25) is 4.79 Å². The molecule has 0 saturated carbocycles. The molecule has 0 atom stereocenters. The molecule has 0 bridgehead atoms. The van der Waals surface area contributed by atoms with Gasteiger partial charge in [-0.15, -0.1) is 0 Å². The van der Waals surface area contributed by atoms with Crippen molar-refractivity contribution in [3.63, 3.8) is 0 Å². The lowest BCUT2D eigenvalue weighted by Gasteiger charge is -2.12. The molecule has 0 unspecified atom stereocenters. The zero-order chi connectivity index (χ0) is 12.0. The van der Waals surface area contributed by atoms with Crippen LogP contribution < -0.4 is 5.32 Å². The van der Waals surface area contributed by atoms with Crippen LogP contribution in [-0.2, 0) is 16.0 Å². The molecule has 0 aliphatic carbocycles. The van der Waals surface area contributed by atoms with E-state index in [4.69, 9.17) is 14.9 Å². The van der Waals surface area contributed by atoms with Gasteiger partial charge < -0.3 is 20.3 Å². The molecule has 0 radical (unpaired) electrons. The summed E-state index contributed by atoms with van der Waals surface area (Å²) in [7, 11) is 0. The van der Waals surface area contributed by atoms with E-state index >= 15 is 0 Å². The lowest BCUT2D eigenvalue weighted by molar-refractivity contribution is -0.140. The summed E-state index contributed by atoms with van der Waals surface area (Å²) < 4.78 is 4.81. The molecule has 0 heterocycles. The molecule has 1 aromatic carbocycles. The summed E-state index contributed by atoms with van der Waals surface area (Å²) in [6.45, 7) is 1.62. The number of anilines is 1. The largest absolute Gasteiger partial charge is 0.466 e. The van der Waals surface area contributed by atoms with E-state index in [0.717, 1.165) is 5.56 Å². The van der Waals surface area contributed by atoms with Gasteiger partial charge in [-0.1, -0.05) is 18.2 Å². The van der Waals surface area contributed by atoms with Gasteiger partial charge in [-0.2, -0.15) is 0 Å². The molecule has 1 aromatic rings. The van der Waals surface area contributed by atoms with Gasteiger partial charge in [0.1, 0.15) is 0 Å². The highest BCUT2D eigenvalue weighted by molar-refractivity contribution is 5.65. The minimum absolute atomic E-state index is 0.273. The number of hydrogen-bond acceptors (Lipinski definition) is 5. The second-order valence-electron chi connectivity index (χ2n) is 3.27. The Morgan fingerprint density at radius 2 is 2.12 bits per heavy atom. The van der Waals surface area contributed by atoms with Crippen molar-refractivity contribution in [3.8, 4) is 0 Å². The number of aliphatic hydroxyl groups is 2. The first-order chi connectivity index (χ1) is 7.59. The second kappa shape index (κ2) is 6.09. The van der Waals surface area contributed by atoms with Crippen LogP contribution >= 0.6 is 0 Å². The maximum absolute atomic E-state index is 10.6. The first kappa shape index (κ1) is 12.5. The summed E-state index contributed by atoms with van der Waals surface area (Å²) in [5.74, 6) is -0.326. The molecular weight excluding hydrogens is 210 g/mol. The van der Waals surface area contributed by atoms with Crippen molar-refractivity contribution in [2.75, 3.05) is 11.9 Å². The molecule has 3 N–H and O–H groups in total. The maximum Gasteiger partial charge on any atom is 0.302 e. The molecule has 5 heteroatoms. The van der Waals surface area contributed by atoms with E-state index in [-0.39, 0.29) is 12.6 Å². The van der Waals surface area contributed by atoms with Crippen LogP contribution in [0.25, 0.3) is 0 Å². The van der Waals surface area contributed by atoms with Gasteiger partial charge in [0, 0.05) is 19.0 Å². The first-order valence-electron chi connectivity index (χ1n) is 4.93. The Kier molecular flexibility index (Phi) is 4.75.